The molecule has 1 heteroatoms. The maximum atomic E-state index is 10.2. The van der Waals surface area contributed by atoms with E-state index in [1.165, 1.54) is 25.7 Å². The molecular formula is C29H46O. The van der Waals surface area contributed by atoms with E-state index in [4.69, 9.17) is 0 Å². The quantitative estimate of drug-likeness (QED) is 0.463. The Balaban J connectivity index is 1.56. The van der Waals surface area contributed by atoms with Gasteiger partial charge in [-0.3, -0.25) is 0 Å². The maximum absolute atomic E-state index is 10.2. The number of hydrogen-bond donors (Lipinski definition) is 1. The molecule has 1 N–H and O–H groups in total. The lowest BCUT2D eigenvalue weighted by molar-refractivity contribution is 0.0315. The van der Waals surface area contributed by atoms with Gasteiger partial charge in [-0.25, -0.2) is 0 Å². The monoisotopic (exact) mass is 410 g/mol. The molecule has 2 saturated carbocycles. The first kappa shape index (κ1) is 22.4. The average molecular weight is 411 g/mol. The lowest BCUT2D eigenvalue weighted by Crippen LogP contribution is -2.46. The summed E-state index contributed by atoms with van der Waals surface area (Å²) >= 11 is 0. The van der Waals surface area contributed by atoms with E-state index in [1.807, 2.05) is 0 Å². The van der Waals surface area contributed by atoms with Gasteiger partial charge in [0.2, 0.25) is 0 Å². The Morgan fingerprint density at radius 2 is 1.87 bits per heavy atom. The van der Waals surface area contributed by atoms with Crippen LogP contribution in [0.15, 0.2) is 36.0 Å². The van der Waals surface area contributed by atoms with Gasteiger partial charge < -0.3 is 5.11 Å². The third-order valence-electron chi connectivity index (χ3n) is 10.2. The van der Waals surface area contributed by atoms with Crippen LogP contribution in [-0.4, -0.2) is 11.2 Å². The summed E-state index contributed by atoms with van der Waals surface area (Å²) < 4.78 is 0. The minimum atomic E-state index is -0.0972. The second kappa shape index (κ2) is 8.27. The molecule has 30 heavy (non-hydrogen) atoms. The molecule has 0 aromatic heterocycles. The molecule has 2 fully saturated rings. The smallest absolute Gasteiger partial charge is 0.0546 e. The summed E-state index contributed by atoms with van der Waals surface area (Å²) in [5.41, 5.74) is 2.45. The Kier molecular flexibility index (Phi) is 6.17. The van der Waals surface area contributed by atoms with Crippen LogP contribution in [-0.2, 0) is 0 Å². The predicted molar refractivity (Wildman–Crippen MR) is 128 cm³/mol. The van der Waals surface area contributed by atoms with Gasteiger partial charge in [-0.15, -0.1) is 0 Å². The molecule has 1 unspecified atom stereocenters. The molecular weight excluding hydrogens is 364 g/mol. The molecule has 0 saturated heterocycles. The molecule has 0 bridgehead atoms. The van der Waals surface area contributed by atoms with Crippen LogP contribution in [0, 0.1) is 52.3 Å². The minimum Gasteiger partial charge on any atom is -0.393 e. The second-order valence-electron chi connectivity index (χ2n) is 12.1. The topological polar surface area (TPSA) is 20.2 Å². The molecule has 4 rings (SSSR count). The molecule has 0 radical (unpaired) electrons. The summed E-state index contributed by atoms with van der Waals surface area (Å²) in [5.74, 6) is 4.90. The van der Waals surface area contributed by atoms with Crippen molar-refractivity contribution in [2.24, 2.45) is 52.3 Å². The van der Waals surface area contributed by atoms with Crippen molar-refractivity contribution in [2.75, 3.05) is 0 Å². The van der Waals surface area contributed by atoms with Crippen LogP contribution in [0.5, 0.6) is 0 Å². The van der Waals surface area contributed by atoms with E-state index >= 15 is 0 Å². The van der Waals surface area contributed by atoms with Crippen molar-refractivity contribution in [3.63, 3.8) is 0 Å². The molecule has 0 spiro atoms. The first-order chi connectivity index (χ1) is 14.2. The van der Waals surface area contributed by atoms with E-state index in [0.29, 0.717) is 23.2 Å². The van der Waals surface area contributed by atoms with Crippen LogP contribution in [0.4, 0.5) is 0 Å². The highest BCUT2D eigenvalue weighted by Gasteiger charge is 2.56. The highest BCUT2D eigenvalue weighted by atomic mass is 16.3. The summed E-state index contributed by atoms with van der Waals surface area (Å²) in [6.07, 6.45) is 21.1. The summed E-state index contributed by atoms with van der Waals surface area (Å²) in [4.78, 5) is 0. The molecule has 0 aromatic carbocycles. The van der Waals surface area contributed by atoms with E-state index in [9.17, 15) is 5.11 Å². The largest absolute Gasteiger partial charge is 0.393 e. The lowest BCUT2D eigenvalue weighted by Gasteiger charge is -2.54. The van der Waals surface area contributed by atoms with Crippen LogP contribution >= 0.6 is 0 Å². The van der Waals surface area contributed by atoms with Crippen molar-refractivity contribution in [3.8, 4) is 0 Å². The zero-order chi connectivity index (χ0) is 21.7. The molecule has 9 atom stereocenters. The number of aliphatic hydroxyl groups excluding tert-OH is 1. The fourth-order valence-corrected chi connectivity index (χ4v) is 8.09. The van der Waals surface area contributed by atoms with Crippen molar-refractivity contribution in [1.29, 1.82) is 0 Å². The third-order valence-corrected chi connectivity index (χ3v) is 10.2. The standard InChI is InChI=1S/C29H46O/c1-7-21(19(2)3)9-8-20(4)25-12-13-26-24-11-10-22-18-23(30)14-16-28(22,5)27(24)15-17-29(25,26)6/h8-11,15,19-26,30H,7,12-14,16-18H2,1-6H3/b9-8+/t20-,21+,22?,23+,24+,25-,26+,28+,29-/m1/s1. The van der Waals surface area contributed by atoms with Gasteiger partial charge in [-0.1, -0.05) is 77.5 Å². The first-order valence-electron chi connectivity index (χ1n) is 13.0. The zero-order valence-electron chi connectivity index (χ0n) is 20.4. The Hall–Kier alpha value is -0.820. The summed E-state index contributed by atoms with van der Waals surface area (Å²) in [6.45, 7) is 14.6. The van der Waals surface area contributed by atoms with Gasteiger partial charge in [0.1, 0.15) is 0 Å². The fraction of sp³-hybridized carbons (Fsp3) is 0.793. The van der Waals surface area contributed by atoms with Gasteiger partial charge in [0, 0.05) is 5.92 Å². The molecule has 0 heterocycles. The molecule has 1 nitrogen and oxygen atoms in total. The van der Waals surface area contributed by atoms with Crippen LogP contribution < -0.4 is 0 Å². The van der Waals surface area contributed by atoms with Crippen molar-refractivity contribution in [2.45, 2.75) is 92.6 Å². The lowest BCUT2D eigenvalue weighted by atomic mass is 9.50. The maximum Gasteiger partial charge on any atom is 0.0546 e. The normalized spacial score (nSPS) is 45.1. The highest BCUT2D eigenvalue weighted by molar-refractivity contribution is 5.35. The Labute approximate surface area is 186 Å². The first-order valence-corrected chi connectivity index (χ1v) is 13.0. The van der Waals surface area contributed by atoms with Gasteiger partial charge in [-0.2, -0.15) is 0 Å². The SMILES string of the molecule is CC[C@@H](/C=C/[C@@H](C)[C@H]1CC[C@H]2[C@@H]3C=CC4C[C@@H](O)CC[C@]4(C)C3=CC[C@]12C)C(C)C. The number of allylic oxidation sites excluding steroid dienone is 6. The minimum absolute atomic E-state index is 0.0972. The molecule has 0 aromatic rings. The summed E-state index contributed by atoms with van der Waals surface area (Å²) in [7, 11) is 0. The number of hydrogen-bond acceptors (Lipinski definition) is 1. The van der Waals surface area contributed by atoms with Crippen molar-refractivity contribution in [1.82, 2.24) is 0 Å². The number of fused-ring (bicyclic) bond motifs is 5. The Bertz CT molecular complexity index is 714. The third kappa shape index (κ3) is 3.58. The molecule has 0 amide bonds. The molecule has 4 aliphatic carbocycles. The predicted octanol–water partition coefficient (Wildman–Crippen LogP) is 7.58. The van der Waals surface area contributed by atoms with Crippen LogP contribution in [0.3, 0.4) is 0 Å². The fourth-order valence-electron chi connectivity index (χ4n) is 8.09. The number of rotatable bonds is 5. The summed E-state index contributed by atoms with van der Waals surface area (Å²) in [5, 5.41) is 10.2. The highest BCUT2D eigenvalue weighted by Crippen LogP contribution is 2.64. The van der Waals surface area contributed by atoms with Gasteiger partial charge in [-0.05, 0) is 91.3 Å². The van der Waals surface area contributed by atoms with E-state index in [2.05, 4.69) is 71.9 Å². The van der Waals surface area contributed by atoms with E-state index in [1.54, 1.807) is 5.57 Å². The van der Waals surface area contributed by atoms with E-state index in [0.717, 1.165) is 42.9 Å². The van der Waals surface area contributed by atoms with Crippen LogP contribution in [0.1, 0.15) is 86.5 Å². The van der Waals surface area contributed by atoms with Gasteiger partial charge in [0.25, 0.3) is 0 Å². The van der Waals surface area contributed by atoms with Crippen molar-refractivity contribution < 1.29 is 5.11 Å². The summed E-state index contributed by atoms with van der Waals surface area (Å²) in [6, 6.07) is 0. The molecule has 168 valence electrons. The average Bonchev–Trinajstić information content (AvgIpc) is 3.06. The van der Waals surface area contributed by atoms with Crippen molar-refractivity contribution >= 4 is 0 Å². The van der Waals surface area contributed by atoms with Gasteiger partial charge >= 0.3 is 0 Å². The Morgan fingerprint density at radius 1 is 1.10 bits per heavy atom. The second-order valence-corrected chi connectivity index (χ2v) is 12.1. The molecule has 4 aliphatic rings. The Morgan fingerprint density at radius 3 is 2.57 bits per heavy atom. The van der Waals surface area contributed by atoms with Gasteiger partial charge in [0.15, 0.2) is 0 Å². The van der Waals surface area contributed by atoms with Crippen LogP contribution in [0.25, 0.3) is 0 Å². The van der Waals surface area contributed by atoms with E-state index < -0.39 is 0 Å². The van der Waals surface area contributed by atoms with E-state index in [-0.39, 0.29) is 11.5 Å². The van der Waals surface area contributed by atoms with Crippen molar-refractivity contribution in [3.05, 3.63) is 36.0 Å². The van der Waals surface area contributed by atoms with Crippen LogP contribution in [0.2, 0.25) is 0 Å². The van der Waals surface area contributed by atoms with Gasteiger partial charge in [0.05, 0.1) is 6.10 Å². The zero-order valence-corrected chi connectivity index (χ0v) is 20.4. The molecule has 0 aliphatic heterocycles. The number of aliphatic hydroxyl groups is 1.